The van der Waals surface area contributed by atoms with Crippen LogP contribution >= 0.6 is 0 Å². The third kappa shape index (κ3) is 8.68. The van der Waals surface area contributed by atoms with Gasteiger partial charge in [0.25, 0.3) is 0 Å². The van der Waals surface area contributed by atoms with Crippen molar-refractivity contribution in [2.75, 3.05) is 26.3 Å². The van der Waals surface area contributed by atoms with E-state index in [0.717, 1.165) is 6.04 Å². The summed E-state index contributed by atoms with van der Waals surface area (Å²) in [6.45, 7) is 11.6. The topological polar surface area (TPSA) is 6.48 Å². The molecule has 0 aromatic carbocycles. The van der Waals surface area contributed by atoms with Gasteiger partial charge in [-0.05, 0) is 20.4 Å². The van der Waals surface area contributed by atoms with Gasteiger partial charge in [-0.1, -0.05) is 6.92 Å². The molecular formula is C8H18BF4N2-. The summed E-state index contributed by atoms with van der Waals surface area (Å²) < 4.78 is 29.0. The normalized spacial score (nSPS) is 17.0. The molecule has 1 fully saturated rings. The van der Waals surface area contributed by atoms with Crippen molar-refractivity contribution in [3.8, 4) is 0 Å². The Morgan fingerprint density at radius 1 is 1.20 bits per heavy atom. The van der Waals surface area contributed by atoms with Crippen LogP contribution in [-0.4, -0.2) is 49.7 Å². The van der Waals surface area contributed by atoms with Crippen molar-refractivity contribution in [2.45, 2.75) is 26.8 Å². The number of hydrogen-bond donors (Lipinski definition) is 0. The van der Waals surface area contributed by atoms with Crippen LogP contribution in [-0.2, 0) is 0 Å². The standard InChI is InChI=1S/C8H18N2.BF3.FH/c1-4-9-5-6-10(7-9)8(2)3;2-1(3)4;/h8H,4-7H2,1-3H3;;1H/p-1. The molecule has 0 spiro atoms. The van der Waals surface area contributed by atoms with Gasteiger partial charge in [0.2, 0.25) is 0 Å². The van der Waals surface area contributed by atoms with E-state index in [1.165, 1.54) is 26.3 Å². The smallest absolute Gasteiger partial charge is 0.762 e. The minimum absolute atomic E-state index is 0. The van der Waals surface area contributed by atoms with Crippen LogP contribution in [0.3, 0.4) is 0 Å². The Bertz CT molecular complexity index is 146. The van der Waals surface area contributed by atoms with Gasteiger partial charge in [-0.3, -0.25) is 22.7 Å². The second-order valence-electron chi connectivity index (χ2n) is 3.51. The fraction of sp³-hybridized carbons (Fsp3) is 1.00. The quantitative estimate of drug-likeness (QED) is 0.437. The highest BCUT2D eigenvalue weighted by Gasteiger charge is 2.19. The lowest BCUT2D eigenvalue weighted by Gasteiger charge is -2.20. The second-order valence-corrected chi connectivity index (χ2v) is 3.51. The largest absolute Gasteiger partial charge is 1.00 e. The van der Waals surface area contributed by atoms with E-state index in [1.807, 2.05) is 0 Å². The fourth-order valence-electron chi connectivity index (χ4n) is 1.35. The first-order valence-corrected chi connectivity index (χ1v) is 4.86. The third-order valence-corrected chi connectivity index (χ3v) is 2.26. The average Bonchev–Trinajstić information content (AvgIpc) is 2.50. The molecule has 0 radical (unpaired) electrons. The molecule has 0 aliphatic carbocycles. The van der Waals surface area contributed by atoms with E-state index in [-0.39, 0.29) is 4.70 Å². The van der Waals surface area contributed by atoms with E-state index in [1.54, 1.807) is 0 Å². The molecule has 1 heterocycles. The van der Waals surface area contributed by atoms with E-state index in [0.29, 0.717) is 0 Å². The molecule has 0 saturated carbocycles. The highest BCUT2D eigenvalue weighted by atomic mass is 19.4. The Kier molecular flexibility index (Phi) is 10.2. The fourth-order valence-corrected chi connectivity index (χ4v) is 1.35. The van der Waals surface area contributed by atoms with Gasteiger partial charge in [-0.15, -0.1) is 0 Å². The number of rotatable bonds is 2. The minimum Gasteiger partial charge on any atom is -1.00 e. The van der Waals surface area contributed by atoms with Gasteiger partial charge in [0.05, 0.1) is 6.67 Å². The van der Waals surface area contributed by atoms with Crippen LogP contribution in [0.1, 0.15) is 20.8 Å². The molecule has 92 valence electrons. The maximum atomic E-state index is 9.67. The molecule has 1 rings (SSSR count). The molecule has 0 N–H and O–H groups in total. The molecule has 0 aromatic rings. The summed E-state index contributed by atoms with van der Waals surface area (Å²) in [5.41, 5.74) is 0. The zero-order valence-electron chi connectivity index (χ0n) is 9.39. The summed E-state index contributed by atoms with van der Waals surface area (Å²) in [7, 11) is -3.67. The van der Waals surface area contributed by atoms with Crippen molar-refractivity contribution >= 4 is 7.54 Å². The van der Waals surface area contributed by atoms with Gasteiger partial charge in [0.1, 0.15) is 0 Å². The monoisotopic (exact) mass is 229 g/mol. The van der Waals surface area contributed by atoms with Gasteiger partial charge in [0.15, 0.2) is 0 Å². The van der Waals surface area contributed by atoms with Gasteiger partial charge >= 0.3 is 7.54 Å². The maximum absolute atomic E-state index is 9.67. The second kappa shape index (κ2) is 8.97. The highest BCUT2D eigenvalue weighted by molar-refractivity contribution is 6.33. The van der Waals surface area contributed by atoms with E-state index >= 15 is 0 Å². The van der Waals surface area contributed by atoms with E-state index in [2.05, 4.69) is 30.6 Å². The first-order valence-electron chi connectivity index (χ1n) is 4.86. The Morgan fingerprint density at radius 3 is 1.87 bits per heavy atom. The molecule has 0 atom stereocenters. The van der Waals surface area contributed by atoms with E-state index in [4.69, 9.17) is 0 Å². The highest BCUT2D eigenvalue weighted by Crippen LogP contribution is 2.07. The van der Waals surface area contributed by atoms with Crippen molar-refractivity contribution in [1.29, 1.82) is 0 Å². The van der Waals surface area contributed by atoms with Crippen molar-refractivity contribution in [2.24, 2.45) is 0 Å². The summed E-state index contributed by atoms with van der Waals surface area (Å²) in [5, 5.41) is 0. The van der Waals surface area contributed by atoms with Gasteiger partial charge in [-0.25, -0.2) is 0 Å². The molecule has 0 amide bonds. The predicted molar refractivity (Wildman–Crippen MR) is 53.0 cm³/mol. The van der Waals surface area contributed by atoms with Crippen LogP contribution < -0.4 is 4.70 Å². The molecular weight excluding hydrogens is 211 g/mol. The first kappa shape index (κ1) is 17.1. The summed E-state index contributed by atoms with van der Waals surface area (Å²) >= 11 is 0. The SMILES string of the molecule is CCN1CCN(C(C)C)C1.FB(F)F.[F-]. The van der Waals surface area contributed by atoms with Crippen LogP contribution in [0, 0.1) is 0 Å². The summed E-state index contributed by atoms with van der Waals surface area (Å²) in [6, 6.07) is 0.719. The molecule has 2 nitrogen and oxygen atoms in total. The van der Waals surface area contributed by atoms with E-state index < -0.39 is 7.54 Å². The van der Waals surface area contributed by atoms with Crippen LogP contribution in [0.2, 0.25) is 0 Å². The molecule has 7 heteroatoms. The number of likely N-dealkylation sites (N-methyl/N-ethyl adjacent to an activating group) is 1. The number of hydrogen-bond acceptors (Lipinski definition) is 2. The summed E-state index contributed by atoms with van der Waals surface area (Å²) in [5.74, 6) is 0. The third-order valence-electron chi connectivity index (χ3n) is 2.26. The average molecular weight is 229 g/mol. The lowest BCUT2D eigenvalue weighted by Crippen LogP contribution is -3.00. The van der Waals surface area contributed by atoms with Gasteiger partial charge < -0.3 is 4.70 Å². The van der Waals surface area contributed by atoms with Crippen LogP contribution in [0.5, 0.6) is 0 Å². The maximum Gasteiger partial charge on any atom is 0.762 e. The van der Waals surface area contributed by atoms with Crippen LogP contribution in [0.25, 0.3) is 0 Å². The minimum atomic E-state index is -3.67. The number of nitrogens with zero attached hydrogens (tertiary/aromatic N) is 2. The van der Waals surface area contributed by atoms with E-state index in [9.17, 15) is 12.9 Å². The van der Waals surface area contributed by atoms with Crippen molar-refractivity contribution in [3.05, 3.63) is 0 Å². The van der Waals surface area contributed by atoms with Gasteiger partial charge in [-0.2, -0.15) is 0 Å². The molecule has 15 heavy (non-hydrogen) atoms. The molecule has 1 saturated heterocycles. The Morgan fingerprint density at radius 2 is 1.67 bits per heavy atom. The Balaban J connectivity index is 0. The van der Waals surface area contributed by atoms with Crippen LogP contribution in [0.15, 0.2) is 0 Å². The lowest BCUT2D eigenvalue weighted by molar-refractivity contribution is -0.00000612. The van der Waals surface area contributed by atoms with Crippen LogP contribution in [0.4, 0.5) is 12.9 Å². The predicted octanol–water partition coefficient (Wildman–Crippen LogP) is -1.13. The molecule has 1 aliphatic rings. The molecule has 1 aliphatic heterocycles. The number of halogens is 4. The molecule has 0 aromatic heterocycles. The van der Waals surface area contributed by atoms with Gasteiger partial charge in [0, 0.05) is 19.1 Å². The van der Waals surface area contributed by atoms with Crippen molar-refractivity contribution in [3.63, 3.8) is 0 Å². The molecule has 0 bridgehead atoms. The Hall–Kier alpha value is -0.295. The zero-order chi connectivity index (χ0) is 11.1. The van der Waals surface area contributed by atoms with Crippen molar-refractivity contribution in [1.82, 2.24) is 9.80 Å². The first-order chi connectivity index (χ1) is 6.47. The Labute approximate surface area is 89.0 Å². The summed E-state index contributed by atoms with van der Waals surface area (Å²) in [4.78, 5) is 4.98. The van der Waals surface area contributed by atoms with Crippen molar-refractivity contribution < 1.29 is 17.7 Å². The summed E-state index contributed by atoms with van der Waals surface area (Å²) in [6.07, 6.45) is 0. The zero-order valence-corrected chi connectivity index (χ0v) is 9.39. The molecule has 0 unspecified atom stereocenters. The lowest BCUT2D eigenvalue weighted by atomic mass is 10.3.